The minimum Gasteiger partial charge on any atom is -0.377 e. The average Bonchev–Trinajstić information content (AvgIpc) is 3.19. The second kappa shape index (κ2) is 5.96. The van der Waals surface area contributed by atoms with Gasteiger partial charge in [0.05, 0.1) is 47.8 Å². The maximum atomic E-state index is 13.4. The first-order chi connectivity index (χ1) is 12.1. The van der Waals surface area contributed by atoms with E-state index in [0.29, 0.717) is 42.1 Å². The van der Waals surface area contributed by atoms with Crippen molar-refractivity contribution in [1.82, 2.24) is 25.2 Å². The second-order valence-electron chi connectivity index (χ2n) is 6.32. The molecule has 1 fully saturated rings. The van der Waals surface area contributed by atoms with Gasteiger partial charge >= 0.3 is 0 Å². The van der Waals surface area contributed by atoms with Crippen molar-refractivity contribution in [1.29, 1.82) is 0 Å². The molecular weight excluding hydrogens is 322 g/mol. The first kappa shape index (κ1) is 15.8. The molecule has 0 saturated carbocycles. The van der Waals surface area contributed by atoms with Gasteiger partial charge in [-0.05, 0) is 32.4 Å². The number of fused-ring (bicyclic) bond motifs is 1. The van der Waals surface area contributed by atoms with Crippen molar-refractivity contribution in [2.45, 2.75) is 26.8 Å². The standard InChI is InChI=1S/C17H19N5O3/c1-9-7-18-20-15(9)13-8-24-5-4-22(13)17(23)12-6-10(2)19-16-14(12)11(3)21-25-16/h6-7,13H,4-5,8H2,1-3H3,(H,18,20). The van der Waals surface area contributed by atoms with Gasteiger partial charge < -0.3 is 14.2 Å². The third-order valence-corrected chi connectivity index (χ3v) is 4.57. The zero-order valence-electron chi connectivity index (χ0n) is 14.4. The lowest BCUT2D eigenvalue weighted by molar-refractivity contribution is -0.00398. The van der Waals surface area contributed by atoms with Crippen LogP contribution in [0.3, 0.4) is 0 Å². The van der Waals surface area contributed by atoms with Gasteiger partial charge in [-0.2, -0.15) is 5.10 Å². The Kier molecular flexibility index (Phi) is 3.76. The topological polar surface area (TPSA) is 97.1 Å². The number of H-pyrrole nitrogens is 1. The van der Waals surface area contributed by atoms with E-state index in [9.17, 15) is 4.79 Å². The number of nitrogens with zero attached hydrogens (tertiary/aromatic N) is 4. The molecule has 25 heavy (non-hydrogen) atoms. The summed E-state index contributed by atoms with van der Waals surface area (Å²) in [5.74, 6) is -0.0795. The Balaban J connectivity index is 1.79. The molecule has 4 heterocycles. The molecular formula is C17H19N5O3. The van der Waals surface area contributed by atoms with Crippen molar-refractivity contribution in [3.8, 4) is 0 Å². The Morgan fingerprint density at radius 2 is 2.20 bits per heavy atom. The van der Waals surface area contributed by atoms with Crippen LogP contribution < -0.4 is 0 Å². The molecule has 0 spiro atoms. The molecule has 8 heteroatoms. The maximum absolute atomic E-state index is 13.4. The van der Waals surface area contributed by atoms with Gasteiger partial charge in [-0.3, -0.25) is 9.89 Å². The van der Waals surface area contributed by atoms with Crippen molar-refractivity contribution in [3.05, 3.63) is 40.5 Å². The van der Waals surface area contributed by atoms with Crippen molar-refractivity contribution in [2.24, 2.45) is 0 Å². The molecule has 1 aliphatic rings. The van der Waals surface area contributed by atoms with Crippen molar-refractivity contribution >= 4 is 17.0 Å². The number of rotatable bonds is 2. The van der Waals surface area contributed by atoms with Gasteiger partial charge in [0.1, 0.15) is 0 Å². The molecule has 0 aromatic carbocycles. The fourth-order valence-corrected chi connectivity index (χ4v) is 3.32. The van der Waals surface area contributed by atoms with Crippen LogP contribution in [0.2, 0.25) is 0 Å². The van der Waals surface area contributed by atoms with Crippen molar-refractivity contribution < 1.29 is 14.1 Å². The molecule has 0 aliphatic carbocycles. The number of carbonyl (C=O) groups excluding carboxylic acids is 1. The first-order valence-electron chi connectivity index (χ1n) is 8.18. The minimum atomic E-state index is -0.201. The van der Waals surface area contributed by atoms with Crippen LogP contribution in [0.1, 0.15) is 39.0 Å². The Bertz CT molecular complexity index is 945. The molecule has 4 rings (SSSR count). The van der Waals surface area contributed by atoms with E-state index < -0.39 is 0 Å². The van der Waals surface area contributed by atoms with Gasteiger partial charge in [0.25, 0.3) is 11.6 Å². The number of hydrogen-bond acceptors (Lipinski definition) is 6. The number of carbonyl (C=O) groups is 1. The molecule has 0 bridgehead atoms. The van der Waals surface area contributed by atoms with E-state index in [1.165, 1.54) is 0 Å². The largest absolute Gasteiger partial charge is 0.377 e. The van der Waals surface area contributed by atoms with E-state index in [1.807, 2.05) is 25.7 Å². The lowest BCUT2D eigenvalue weighted by Gasteiger charge is -2.35. The number of aryl methyl sites for hydroxylation is 3. The number of nitrogens with one attached hydrogen (secondary N) is 1. The smallest absolute Gasteiger partial charge is 0.258 e. The van der Waals surface area contributed by atoms with Crippen LogP contribution in [-0.4, -0.2) is 50.9 Å². The first-order valence-corrected chi connectivity index (χ1v) is 8.18. The lowest BCUT2D eigenvalue weighted by Crippen LogP contribution is -2.44. The summed E-state index contributed by atoms with van der Waals surface area (Å²) in [5, 5.41) is 11.7. The normalized spacial score (nSPS) is 18.0. The van der Waals surface area contributed by atoms with E-state index in [0.717, 1.165) is 17.0 Å². The highest BCUT2D eigenvalue weighted by atomic mass is 16.5. The number of hydrogen-bond donors (Lipinski definition) is 1. The number of amides is 1. The summed E-state index contributed by atoms with van der Waals surface area (Å²) >= 11 is 0. The van der Waals surface area contributed by atoms with Crippen LogP contribution >= 0.6 is 0 Å². The molecule has 1 atom stereocenters. The van der Waals surface area contributed by atoms with Crippen LogP contribution in [0.5, 0.6) is 0 Å². The van der Waals surface area contributed by atoms with Gasteiger partial charge in [-0.25, -0.2) is 4.98 Å². The number of aromatic amines is 1. The quantitative estimate of drug-likeness (QED) is 0.766. The SMILES string of the molecule is Cc1cc(C(=O)N2CCOCC2c2[nH]ncc2C)c2c(C)noc2n1. The van der Waals surface area contributed by atoms with Crippen LogP contribution in [0, 0.1) is 20.8 Å². The third-order valence-electron chi connectivity index (χ3n) is 4.57. The Morgan fingerprint density at radius 1 is 1.36 bits per heavy atom. The molecule has 3 aromatic rings. The fourth-order valence-electron chi connectivity index (χ4n) is 3.32. The molecule has 1 amide bonds. The molecule has 130 valence electrons. The molecule has 3 aromatic heterocycles. The van der Waals surface area contributed by atoms with Gasteiger partial charge in [-0.1, -0.05) is 5.16 Å². The summed E-state index contributed by atoms with van der Waals surface area (Å²) in [4.78, 5) is 19.5. The summed E-state index contributed by atoms with van der Waals surface area (Å²) in [6.45, 7) is 7.07. The van der Waals surface area contributed by atoms with Crippen LogP contribution in [-0.2, 0) is 4.74 Å². The number of pyridine rings is 1. The molecule has 8 nitrogen and oxygen atoms in total. The number of ether oxygens (including phenoxy) is 1. The molecule has 1 unspecified atom stereocenters. The Labute approximate surface area is 144 Å². The van der Waals surface area contributed by atoms with Gasteiger partial charge in [0, 0.05) is 12.2 Å². The summed E-state index contributed by atoms with van der Waals surface area (Å²) in [5.41, 5.74) is 4.24. The summed E-state index contributed by atoms with van der Waals surface area (Å²) in [6.07, 6.45) is 1.76. The van der Waals surface area contributed by atoms with E-state index in [-0.39, 0.29) is 11.9 Å². The maximum Gasteiger partial charge on any atom is 0.258 e. The average molecular weight is 341 g/mol. The van der Waals surface area contributed by atoms with E-state index in [2.05, 4.69) is 20.3 Å². The van der Waals surface area contributed by atoms with Crippen LogP contribution in [0.15, 0.2) is 16.8 Å². The highest BCUT2D eigenvalue weighted by Crippen LogP contribution is 2.29. The van der Waals surface area contributed by atoms with Gasteiger partial charge in [0.15, 0.2) is 0 Å². The minimum absolute atomic E-state index is 0.0795. The van der Waals surface area contributed by atoms with Crippen LogP contribution in [0.25, 0.3) is 11.1 Å². The highest BCUT2D eigenvalue weighted by Gasteiger charge is 2.33. The zero-order valence-corrected chi connectivity index (χ0v) is 14.4. The summed E-state index contributed by atoms with van der Waals surface area (Å²) in [7, 11) is 0. The van der Waals surface area contributed by atoms with Gasteiger partial charge in [0.2, 0.25) is 0 Å². The number of morpholine rings is 1. The molecule has 1 N–H and O–H groups in total. The lowest BCUT2D eigenvalue weighted by atomic mass is 10.0. The molecule has 1 saturated heterocycles. The molecule has 1 aliphatic heterocycles. The van der Waals surface area contributed by atoms with E-state index in [4.69, 9.17) is 9.26 Å². The monoisotopic (exact) mass is 341 g/mol. The summed E-state index contributed by atoms with van der Waals surface area (Å²) < 4.78 is 10.9. The second-order valence-corrected chi connectivity index (χ2v) is 6.32. The van der Waals surface area contributed by atoms with Crippen LogP contribution in [0.4, 0.5) is 0 Å². The Morgan fingerprint density at radius 3 is 2.96 bits per heavy atom. The highest BCUT2D eigenvalue weighted by molar-refractivity contribution is 6.06. The summed E-state index contributed by atoms with van der Waals surface area (Å²) in [6, 6.07) is 1.59. The van der Waals surface area contributed by atoms with Gasteiger partial charge in [-0.15, -0.1) is 0 Å². The third kappa shape index (κ3) is 2.58. The van der Waals surface area contributed by atoms with E-state index >= 15 is 0 Å². The number of aromatic nitrogens is 4. The Hall–Kier alpha value is -2.74. The fraction of sp³-hybridized carbons (Fsp3) is 0.412. The van der Waals surface area contributed by atoms with Crippen molar-refractivity contribution in [3.63, 3.8) is 0 Å². The predicted octanol–water partition coefficient (Wildman–Crippen LogP) is 2.08. The van der Waals surface area contributed by atoms with Crippen molar-refractivity contribution in [2.75, 3.05) is 19.8 Å². The zero-order chi connectivity index (χ0) is 17.6. The van der Waals surface area contributed by atoms with E-state index in [1.54, 1.807) is 12.3 Å². The predicted molar refractivity (Wildman–Crippen MR) is 89.2 cm³/mol. The molecule has 0 radical (unpaired) electrons.